The van der Waals surface area contributed by atoms with Gasteiger partial charge in [0, 0.05) is 0 Å². The van der Waals surface area contributed by atoms with E-state index in [-0.39, 0.29) is 0 Å². The third kappa shape index (κ3) is 3.38. The van der Waals surface area contributed by atoms with Crippen molar-refractivity contribution in [1.82, 2.24) is 4.57 Å². The van der Waals surface area contributed by atoms with E-state index in [1.807, 2.05) is 0 Å². The van der Waals surface area contributed by atoms with Gasteiger partial charge in [0.15, 0.2) is 0 Å². The normalized spacial score (nSPS) is 11.7. The summed E-state index contributed by atoms with van der Waals surface area (Å²) in [5, 5.41) is 0. The second-order valence-corrected chi connectivity index (χ2v) is 19.9. The molecule has 0 saturated carbocycles. The van der Waals surface area contributed by atoms with Crippen LogP contribution in [0.4, 0.5) is 0 Å². The van der Waals surface area contributed by atoms with Crippen LogP contribution in [0.5, 0.6) is 0 Å². The fourth-order valence-corrected chi connectivity index (χ4v) is 6.88. The van der Waals surface area contributed by atoms with Crippen molar-refractivity contribution in [2.75, 3.05) is 0 Å². The van der Waals surface area contributed by atoms with Gasteiger partial charge in [-0.25, -0.2) is 0 Å². The topological polar surface area (TPSA) is 4.93 Å². The molecule has 0 bridgehead atoms. The van der Waals surface area contributed by atoms with E-state index < -0.39 is 18.4 Å². The van der Waals surface area contributed by atoms with Gasteiger partial charge in [0.2, 0.25) is 0 Å². The summed E-state index contributed by atoms with van der Waals surface area (Å²) in [5.41, 5.74) is 1.43. The first-order valence-electron chi connectivity index (χ1n) is 6.27. The van der Waals surface area contributed by atoms with E-state index in [1.54, 1.807) is 3.71 Å². The van der Waals surface area contributed by atoms with Gasteiger partial charge in [-0.3, -0.25) is 0 Å². The zero-order valence-electron chi connectivity index (χ0n) is 11.0. The predicted octanol–water partition coefficient (Wildman–Crippen LogP) is 3.28. The molecule has 0 N–H and O–H groups in total. The average Bonchev–Trinajstić information content (AvgIpc) is 2.75. The Labute approximate surface area is 108 Å². The van der Waals surface area contributed by atoms with Crippen LogP contribution < -0.4 is 3.71 Å². The van der Waals surface area contributed by atoms with Crippen molar-refractivity contribution in [3.63, 3.8) is 0 Å². The Morgan fingerprint density at radius 1 is 0.941 bits per heavy atom. The fourth-order valence-electron chi connectivity index (χ4n) is 2.18. The molecule has 1 heterocycles. The summed E-state index contributed by atoms with van der Waals surface area (Å²) in [7, 11) is 0. The van der Waals surface area contributed by atoms with Gasteiger partial charge in [0.1, 0.15) is 0 Å². The molecule has 1 aromatic carbocycles. The third-order valence-corrected chi connectivity index (χ3v) is 8.76. The Bertz CT molecular complexity index is 465. The molecule has 17 heavy (non-hydrogen) atoms. The van der Waals surface area contributed by atoms with Crippen molar-refractivity contribution >= 4 is 22.1 Å². The van der Waals surface area contributed by atoms with Gasteiger partial charge in [-0.2, -0.15) is 0 Å². The first-order chi connectivity index (χ1) is 8.07. The van der Waals surface area contributed by atoms with Crippen LogP contribution in [0.15, 0.2) is 48.7 Å². The number of hydrogen-bond acceptors (Lipinski definition) is 0. The summed E-state index contributed by atoms with van der Waals surface area (Å²) in [6.07, 6.45) is 3.37. The van der Waals surface area contributed by atoms with Crippen molar-refractivity contribution in [2.24, 2.45) is 0 Å². The van der Waals surface area contributed by atoms with Gasteiger partial charge in [0.25, 0.3) is 0 Å². The SMILES string of the molecule is [CH3][Sn]([CH3])([CH3])[c]1cccn1CCc1ccccc1. The van der Waals surface area contributed by atoms with E-state index in [0.717, 1.165) is 13.0 Å². The number of aryl methyl sites for hydroxylation is 2. The molecule has 0 atom stereocenters. The quantitative estimate of drug-likeness (QED) is 0.757. The van der Waals surface area contributed by atoms with Crippen molar-refractivity contribution in [1.29, 1.82) is 0 Å². The van der Waals surface area contributed by atoms with Crippen molar-refractivity contribution < 1.29 is 0 Å². The minimum atomic E-state index is -1.93. The van der Waals surface area contributed by atoms with Crippen LogP contribution in [0.2, 0.25) is 14.8 Å². The third-order valence-electron chi connectivity index (χ3n) is 3.08. The van der Waals surface area contributed by atoms with E-state index in [9.17, 15) is 0 Å². The molecule has 2 rings (SSSR count). The molecule has 2 aromatic rings. The summed E-state index contributed by atoms with van der Waals surface area (Å²) in [6, 6.07) is 15.3. The minimum absolute atomic E-state index is 1.11. The first-order valence-corrected chi connectivity index (χ1v) is 16.3. The molecular formula is C15H21NSn. The monoisotopic (exact) mass is 335 g/mol. The molecule has 0 radical (unpaired) electrons. The Hall–Kier alpha value is -0.701. The van der Waals surface area contributed by atoms with Crippen LogP contribution in [0, 0.1) is 0 Å². The number of nitrogens with zero attached hydrogens (tertiary/aromatic N) is 1. The van der Waals surface area contributed by atoms with Crippen LogP contribution in [0.25, 0.3) is 0 Å². The Morgan fingerprint density at radius 2 is 1.65 bits per heavy atom. The molecule has 0 fully saturated rings. The van der Waals surface area contributed by atoms with Crippen LogP contribution in [-0.2, 0) is 13.0 Å². The van der Waals surface area contributed by atoms with Gasteiger partial charge in [-0.1, -0.05) is 0 Å². The molecule has 1 aromatic heterocycles. The van der Waals surface area contributed by atoms with E-state index in [4.69, 9.17) is 0 Å². The molecule has 0 unspecified atom stereocenters. The van der Waals surface area contributed by atoms with Crippen molar-refractivity contribution in [3.05, 3.63) is 54.2 Å². The molecular weight excluding hydrogens is 313 g/mol. The number of hydrogen-bond donors (Lipinski definition) is 0. The zero-order chi connectivity index (χ0) is 12.3. The Morgan fingerprint density at radius 3 is 2.29 bits per heavy atom. The summed E-state index contributed by atoms with van der Waals surface area (Å²) in [4.78, 5) is 7.43. The molecule has 0 saturated heterocycles. The molecule has 0 aliphatic carbocycles. The number of rotatable bonds is 4. The van der Waals surface area contributed by atoms with Crippen LogP contribution in [0.3, 0.4) is 0 Å². The van der Waals surface area contributed by atoms with Crippen LogP contribution >= 0.6 is 0 Å². The average molecular weight is 334 g/mol. The van der Waals surface area contributed by atoms with Gasteiger partial charge in [-0.05, 0) is 0 Å². The second kappa shape index (κ2) is 5.30. The molecule has 0 amide bonds. The number of benzene rings is 1. The van der Waals surface area contributed by atoms with Gasteiger partial charge < -0.3 is 0 Å². The summed E-state index contributed by atoms with van der Waals surface area (Å²) >= 11 is -1.93. The number of aromatic nitrogens is 1. The predicted molar refractivity (Wildman–Crippen MR) is 77.6 cm³/mol. The molecule has 0 spiro atoms. The van der Waals surface area contributed by atoms with E-state index in [0.29, 0.717) is 0 Å². The van der Waals surface area contributed by atoms with Gasteiger partial charge >= 0.3 is 109 Å². The van der Waals surface area contributed by atoms with Crippen LogP contribution in [0.1, 0.15) is 5.56 Å². The maximum atomic E-state index is 2.48. The van der Waals surface area contributed by atoms with E-state index in [1.165, 1.54) is 5.56 Å². The summed E-state index contributed by atoms with van der Waals surface area (Å²) in [5.74, 6) is 0. The Balaban J connectivity index is 2.08. The maximum absolute atomic E-state index is 2.48. The van der Waals surface area contributed by atoms with E-state index >= 15 is 0 Å². The first kappa shape index (κ1) is 12.7. The fraction of sp³-hybridized carbons (Fsp3) is 0.333. The molecule has 1 nitrogen and oxygen atoms in total. The molecule has 0 aliphatic heterocycles. The zero-order valence-corrected chi connectivity index (χ0v) is 13.8. The van der Waals surface area contributed by atoms with Gasteiger partial charge in [0.05, 0.1) is 0 Å². The van der Waals surface area contributed by atoms with E-state index in [2.05, 4.69) is 68.0 Å². The van der Waals surface area contributed by atoms with Crippen LogP contribution in [-0.4, -0.2) is 22.9 Å². The van der Waals surface area contributed by atoms with Gasteiger partial charge in [-0.15, -0.1) is 0 Å². The molecule has 2 heteroatoms. The molecule has 0 aliphatic rings. The standard InChI is InChI=1S/C12H12N.3CH3.Sn/c1-2-6-12(7-3-1)8-11-13-9-4-5-10-13;;;;/h1-7,9H,8,11H2;3*1H3;. The van der Waals surface area contributed by atoms with Crippen molar-refractivity contribution in [3.8, 4) is 0 Å². The summed E-state index contributed by atoms with van der Waals surface area (Å²) in [6.45, 7) is 1.11. The Kier molecular flexibility index (Phi) is 3.97. The van der Waals surface area contributed by atoms with Crippen molar-refractivity contribution in [2.45, 2.75) is 27.8 Å². The second-order valence-electron chi connectivity index (χ2n) is 5.57. The summed E-state index contributed by atoms with van der Waals surface area (Å²) < 4.78 is 4.08. The molecule has 90 valence electrons.